The van der Waals surface area contributed by atoms with Gasteiger partial charge >= 0.3 is 5.97 Å². The van der Waals surface area contributed by atoms with Crippen molar-refractivity contribution < 1.29 is 24.9 Å². The SMILES string of the molecule is C=CC1(C)CCC2C3(C)CCCC(C)(C(=O)O)C3CC(=O)C2(O)C1O. The van der Waals surface area contributed by atoms with Crippen molar-refractivity contribution in [2.24, 2.45) is 28.1 Å². The number of carbonyl (C=O) groups is 2. The third-order valence-electron chi connectivity index (χ3n) is 8.11. The van der Waals surface area contributed by atoms with E-state index in [1.54, 1.807) is 13.0 Å². The van der Waals surface area contributed by atoms with Crippen LogP contribution in [0.2, 0.25) is 0 Å². The molecule has 3 fully saturated rings. The van der Waals surface area contributed by atoms with Crippen LogP contribution in [0.25, 0.3) is 0 Å². The summed E-state index contributed by atoms with van der Waals surface area (Å²) < 4.78 is 0. The number of carboxylic acids is 1. The van der Waals surface area contributed by atoms with Gasteiger partial charge in [-0.25, -0.2) is 0 Å². The maximum Gasteiger partial charge on any atom is 0.309 e. The molecule has 0 aromatic rings. The van der Waals surface area contributed by atoms with Crippen molar-refractivity contribution in [2.75, 3.05) is 0 Å². The average Bonchev–Trinajstić information content (AvgIpc) is 2.55. The van der Waals surface area contributed by atoms with Crippen LogP contribution in [0.4, 0.5) is 0 Å². The minimum absolute atomic E-state index is 0.0105. The number of fused-ring (bicyclic) bond motifs is 3. The van der Waals surface area contributed by atoms with Crippen molar-refractivity contribution in [1.82, 2.24) is 0 Å². The molecule has 0 aromatic heterocycles. The molecule has 3 rings (SSSR count). The van der Waals surface area contributed by atoms with Gasteiger partial charge in [0.05, 0.1) is 11.5 Å². The number of ketones is 1. The fourth-order valence-electron chi connectivity index (χ4n) is 6.29. The van der Waals surface area contributed by atoms with Gasteiger partial charge in [-0.1, -0.05) is 26.3 Å². The zero-order valence-electron chi connectivity index (χ0n) is 15.4. The molecule has 7 atom stereocenters. The second kappa shape index (κ2) is 5.40. The molecule has 0 radical (unpaired) electrons. The van der Waals surface area contributed by atoms with Crippen LogP contribution in [0.3, 0.4) is 0 Å². The van der Waals surface area contributed by atoms with Crippen LogP contribution < -0.4 is 0 Å². The number of aliphatic hydroxyl groups is 2. The van der Waals surface area contributed by atoms with Gasteiger partial charge in [0.1, 0.15) is 0 Å². The number of Topliss-reactive ketones (excluding diaryl/α,β-unsaturated/α-hetero) is 1. The summed E-state index contributed by atoms with van der Waals surface area (Å²) in [6.45, 7) is 9.36. The van der Waals surface area contributed by atoms with E-state index < -0.39 is 45.6 Å². The molecule has 0 saturated heterocycles. The zero-order chi connectivity index (χ0) is 18.8. The van der Waals surface area contributed by atoms with Crippen molar-refractivity contribution in [2.45, 2.75) is 71.0 Å². The van der Waals surface area contributed by atoms with Crippen molar-refractivity contribution in [3.05, 3.63) is 12.7 Å². The number of aliphatic hydroxyl groups excluding tert-OH is 1. The number of hydrogen-bond acceptors (Lipinski definition) is 4. The van der Waals surface area contributed by atoms with Crippen molar-refractivity contribution in [3.63, 3.8) is 0 Å². The number of carbonyl (C=O) groups excluding carboxylic acids is 1. The van der Waals surface area contributed by atoms with Crippen molar-refractivity contribution >= 4 is 11.8 Å². The maximum atomic E-state index is 13.0. The van der Waals surface area contributed by atoms with Gasteiger partial charge in [-0.3, -0.25) is 9.59 Å². The maximum absolute atomic E-state index is 13.0. The molecular formula is C20H30O5. The minimum Gasteiger partial charge on any atom is -0.481 e. The summed E-state index contributed by atoms with van der Waals surface area (Å²) in [5.74, 6) is -2.01. The van der Waals surface area contributed by atoms with Crippen molar-refractivity contribution in [3.8, 4) is 0 Å². The first-order valence-corrected chi connectivity index (χ1v) is 9.27. The van der Waals surface area contributed by atoms with E-state index in [0.29, 0.717) is 19.3 Å². The fourth-order valence-corrected chi connectivity index (χ4v) is 6.29. The Hall–Kier alpha value is -1.20. The van der Waals surface area contributed by atoms with Gasteiger partial charge in [-0.2, -0.15) is 0 Å². The molecule has 7 unspecified atom stereocenters. The molecule has 5 nitrogen and oxygen atoms in total. The first-order valence-electron chi connectivity index (χ1n) is 9.27. The van der Waals surface area contributed by atoms with Crippen LogP contribution in [0.1, 0.15) is 59.3 Å². The fraction of sp³-hybridized carbons (Fsp3) is 0.800. The van der Waals surface area contributed by atoms with Crippen LogP contribution in [-0.4, -0.2) is 38.8 Å². The Labute approximate surface area is 149 Å². The third-order valence-corrected chi connectivity index (χ3v) is 8.11. The van der Waals surface area contributed by atoms with Crippen LogP contribution in [0.15, 0.2) is 12.7 Å². The molecular weight excluding hydrogens is 320 g/mol. The first-order chi connectivity index (χ1) is 11.5. The number of aliphatic carboxylic acids is 1. The van der Waals surface area contributed by atoms with E-state index in [-0.39, 0.29) is 12.3 Å². The highest BCUT2D eigenvalue weighted by Crippen LogP contribution is 2.65. The summed E-state index contributed by atoms with van der Waals surface area (Å²) in [6, 6.07) is 0. The third kappa shape index (κ3) is 2.15. The molecule has 0 heterocycles. The summed E-state index contributed by atoms with van der Waals surface area (Å²) in [7, 11) is 0. The standard InChI is InChI=1S/C20H30O5/c1-5-17(2)10-7-12-18(3)8-6-9-19(4,16(23)24)13(18)11-14(21)20(12,25)15(17)22/h5,12-13,15,22,25H,1,6-11H2,2-4H3,(H,23,24). The van der Waals surface area contributed by atoms with E-state index >= 15 is 0 Å². The van der Waals surface area contributed by atoms with E-state index in [2.05, 4.69) is 6.58 Å². The van der Waals surface area contributed by atoms with Gasteiger partial charge in [0.15, 0.2) is 11.4 Å². The monoisotopic (exact) mass is 350 g/mol. The number of hydrogen-bond donors (Lipinski definition) is 3. The molecule has 3 N–H and O–H groups in total. The Balaban J connectivity index is 2.10. The Morgan fingerprint density at radius 3 is 2.40 bits per heavy atom. The number of rotatable bonds is 2. The van der Waals surface area contributed by atoms with E-state index in [1.807, 2.05) is 13.8 Å². The summed E-state index contributed by atoms with van der Waals surface area (Å²) in [5.41, 5.74) is -3.97. The lowest BCUT2D eigenvalue weighted by Crippen LogP contribution is -2.72. The lowest BCUT2D eigenvalue weighted by molar-refractivity contribution is -0.239. The molecule has 0 aromatic carbocycles. The molecule has 0 spiro atoms. The van der Waals surface area contributed by atoms with Crippen LogP contribution in [-0.2, 0) is 9.59 Å². The summed E-state index contributed by atoms with van der Waals surface area (Å²) >= 11 is 0. The van der Waals surface area contributed by atoms with Gasteiger partial charge in [-0.05, 0) is 43.9 Å². The Morgan fingerprint density at radius 1 is 1.20 bits per heavy atom. The summed E-state index contributed by atoms with van der Waals surface area (Å²) in [5, 5.41) is 32.2. The van der Waals surface area contributed by atoms with Crippen LogP contribution >= 0.6 is 0 Å². The van der Waals surface area contributed by atoms with Gasteiger partial charge in [0.2, 0.25) is 0 Å². The molecule has 0 amide bonds. The van der Waals surface area contributed by atoms with E-state index in [9.17, 15) is 24.9 Å². The molecule has 3 aliphatic rings. The predicted molar refractivity (Wildman–Crippen MR) is 92.8 cm³/mol. The Bertz CT molecular complexity index is 630. The van der Waals surface area contributed by atoms with Gasteiger partial charge in [0.25, 0.3) is 0 Å². The van der Waals surface area contributed by atoms with Gasteiger partial charge < -0.3 is 15.3 Å². The molecule has 0 aliphatic heterocycles. The quantitative estimate of drug-likeness (QED) is 0.665. The Kier molecular flexibility index (Phi) is 4.01. The smallest absolute Gasteiger partial charge is 0.309 e. The minimum atomic E-state index is -1.82. The number of carboxylic acid groups (broad SMARTS) is 1. The van der Waals surface area contributed by atoms with Gasteiger partial charge in [-0.15, -0.1) is 6.58 Å². The van der Waals surface area contributed by atoms with E-state index in [0.717, 1.165) is 12.8 Å². The normalized spacial score (nSPS) is 52.8. The second-order valence-electron chi connectivity index (χ2n) is 9.29. The van der Waals surface area contributed by atoms with Crippen molar-refractivity contribution in [1.29, 1.82) is 0 Å². The first kappa shape index (κ1) is 18.6. The second-order valence-corrected chi connectivity index (χ2v) is 9.29. The molecule has 140 valence electrons. The highest BCUT2D eigenvalue weighted by Gasteiger charge is 2.70. The van der Waals surface area contributed by atoms with Crippen LogP contribution in [0.5, 0.6) is 0 Å². The lowest BCUT2D eigenvalue weighted by Gasteiger charge is -2.64. The average molecular weight is 350 g/mol. The summed E-state index contributed by atoms with van der Waals surface area (Å²) in [6.07, 6.45) is 3.73. The topological polar surface area (TPSA) is 94.8 Å². The van der Waals surface area contributed by atoms with Crippen LogP contribution in [0, 0.1) is 28.1 Å². The molecule has 25 heavy (non-hydrogen) atoms. The molecule has 3 saturated carbocycles. The van der Waals surface area contributed by atoms with Gasteiger partial charge in [0, 0.05) is 17.8 Å². The zero-order valence-corrected chi connectivity index (χ0v) is 15.4. The van der Waals surface area contributed by atoms with E-state index in [4.69, 9.17) is 0 Å². The largest absolute Gasteiger partial charge is 0.481 e. The molecule has 3 aliphatic carbocycles. The lowest BCUT2D eigenvalue weighted by atomic mass is 9.41. The highest BCUT2D eigenvalue weighted by molar-refractivity contribution is 5.91. The molecule has 5 heteroatoms. The molecule has 0 bridgehead atoms. The predicted octanol–water partition coefficient (Wildman–Crippen LogP) is 2.55. The highest BCUT2D eigenvalue weighted by atomic mass is 16.4. The summed E-state index contributed by atoms with van der Waals surface area (Å²) in [4.78, 5) is 25.0. The van der Waals surface area contributed by atoms with E-state index in [1.165, 1.54) is 0 Å². The Morgan fingerprint density at radius 2 is 1.84 bits per heavy atom.